The molecule has 97 heavy (non-hydrogen) atoms. The second kappa shape index (κ2) is 41.3. The summed E-state index contributed by atoms with van der Waals surface area (Å²) >= 11 is 0. The number of urea groups is 1. The summed E-state index contributed by atoms with van der Waals surface area (Å²) < 4.78 is 15.5. The van der Waals surface area contributed by atoms with Gasteiger partial charge in [-0.05, 0) is 111 Å². The van der Waals surface area contributed by atoms with Gasteiger partial charge in [0, 0.05) is 118 Å². The van der Waals surface area contributed by atoms with Gasteiger partial charge in [0.1, 0.15) is 30.2 Å². The Morgan fingerprint density at radius 2 is 0.784 bits per heavy atom. The number of aliphatic carboxylic acids is 8. The summed E-state index contributed by atoms with van der Waals surface area (Å²) in [6.45, 7) is 8.90. The van der Waals surface area contributed by atoms with E-state index in [2.05, 4.69) is 31.9 Å². The first-order valence-corrected chi connectivity index (χ1v) is 32.8. The maximum atomic E-state index is 17.1. The molecule has 0 bridgehead atoms. The fourth-order valence-corrected chi connectivity index (χ4v) is 14.0. The van der Waals surface area contributed by atoms with Crippen molar-refractivity contribution in [3.8, 4) is 0 Å². The van der Waals surface area contributed by atoms with Gasteiger partial charge < -0.3 is 83.4 Å². The van der Waals surface area contributed by atoms with Gasteiger partial charge in [0.25, 0.3) is 5.91 Å². The van der Waals surface area contributed by atoms with Crippen molar-refractivity contribution in [3.05, 3.63) is 29.8 Å². The fourth-order valence-electron chi connectivity index (χ4n) is 10.3. The zero-order chi connectivity index (χ0) is 73.4. The van der Waals surface area contributed by atoms with Gasteiger partial charge in [-0.2, -0.15) is 3.89 Å². The lowest BCUT2D eigenvalue weighted by Crippen LogP contribution is -2.57. The lowest BCUT2D eigenvalue weighted by atomic mass is 10.1. The third kappa shape index (κ3) is 32.2. The zero-order valence-electron chi connectivity index (χ0n) is 55.4. The minimum absolute atomic E-state index is 0.00275. The zero-order valence-corrected chi connectivity index (χ0v) is 56.2. The number of benzene rings is 1. The number of carbonyl (C=O) groups is 15. The van der Waals surface area contributed by atoms with Gasteiger partial charge >= 0.3 is 53.8 Å². The van der Waals surface area contributed by atoms with Gasteiger partial charge in [0.15, 0.2) is 0 Å². The summed E-state index contributed by atoms with van der Waals surface area (Å²) in [5.41, 5.74) is 0.0666. The summed E-state index contributed by atoms with van der Waals surface area (Å²) in [4.78, 5) is 192. The third-order valence-corrected chi connectivity index (χ3v) is 19.5. The van der Waals surface area contributed by atoms with E-state index >= 15 is 3.89 Å². The molecule has 35 nitrogen and oxygen atoms in total. The highest BCUT2D eigenvalue weighted by Crippen LogP contribution is 2.73. The number of hydrogen-bond donors (Lipinski definition) is 16. The monoisotopic (exact) mass is 1400 g/mol. The Balaban J connectivity index is 2.11. The number of hydrogen-bond acceptors (Lipinski definition) is 19. The van der Waals surface area contributed by atoms with Crippen LogP contribution in [0.4, 0.5) is 8.68 Å². The molecule has 0 spiro atoms. The molecule has 1 heterocycles. The van der Waals surface area contributed by atoms with Crippen LogP contribution >= 0.6 is 10.4 Å². The minimum atomic E-state index is -2.99. The van der Waals surface area contributed by atoms with Crippen LogP contribution in [0.25, 0.3) is 0 Å². The van der Waals surface area contributed by atoms with Crippen molar-refractivity contribution in [1.82, 2.24) is 62.1 Å². The molecule has 0 aliphatic carbocycles. The second-order valence-electron chi connectivity index (χ2n) is 25.0. The van der Waals surface area contributed by atoms with Gasteiger partial charge in [-0.3, -0.25) is 67.5 Å². The van der Waals surface area contributed by atoms with Crippen LogP contribution < -0.4 is 42.5 Å². The fraction of sp³-hybridized carbons (Fsp3) is 0.650. The Morgan fingerprint density at radius 1 is 0.412 bits per heavy atom. The van der Waals surface area contributed by atoms with E-state index in [0.29, 0.717) is 4.90 Å². The minimum Gasteiger partial charge on any atom is -0.481 e. The summed E-state index contributed by atoms with van der Waals surface area (Å²) in [5, 5.41) is 95.0. The molecule has 8 amide bonds. The second-order valence-corrected chi connectivity index (χ2v) is 29.0. The molecule has 1 aromatic rings. The van der Waals surface area contributed by atoms with Crippen LogP contribution in [0.15, 0.2) is 29.2 Å². The molecule has 1 fully saturated rings. The van der Waals surface area contributed by atoms with Crippen LogP contribution in [0.5, 0.6) is 0 Å². The SMILES string of the molecule is CC(C)(C)S(F)(c1ccc(C(=O)NC[C@@H](NC(=O)CN2CCN(CC(=O)O)CCN(CC(=O)O)CCN(CC(=O)O)CC2)C(=O)N[C@@H](CCCCNC(=O)CCC(=O)NCCC[C@H](NC(=O)CC[C@H](NC(=O)N[C@@H](CCC(=O)O)C(=O)O)C(=O)O)C(=O)O)C(=O)O)cc1)C(C)(C)C. The number of carboxylic acid groups (broad SMARTS) is 8. The van der Waals surface area contributed by atoms with E-state index in [1.807, 2.05) is 10.6 Å². The van der Waals surface area contributed by atoms with Gasteiger partial charge in [0.05, 0.1) is 26.2 Å². The van der Waals surface area contributed by atoms with Crippen molar-refractivity contribution < 1.29 is 117 Å². The Bertz CT molecular complexity index is 2870. The van der Waals surface area contributed by atoms with Crippen molar-refractivity contribution in [2.45, 2.75) is 157 Å². The number of nitrogens with one attached hydrogen (secondary N) is 8. The highest BCUT2D eigenvalue weighted by Gasteiger charge is 2.48. The average Bonchev–Trinajstić information content (AvgIpc) is 0.749. The summed E-state index contributed by atoms with van der Waals surface area (Å²) in [6.07, 6.45) is -3.03. The lowest BCUT2D eigenvalue weighted by Gasteiger charge is -2.52. The Morgan fingerprint density at radius 3 is 1.19 bits per heavy atom. The predicted molar refractivity (Wildman–Crippen MR) is 344 cm³/mol. The first-order chi connectivity index (χ1) is 45.2. The summed E-state index contributed by atoms with van der Waals surface area (Å²) in [5.74, 6) is -15.7. The van der Waals surface area contributed by atoms with E-state index in [0.717, 1.165) is 0 Å². The number of nitrogens with zero attached hydrogens (tertiary/aromatic N) is 4. The standard InChI is InChI=1S/C60H95FN12O23S/c1-59(2,3)97(61,60(4,5)6)38-14-12-37(13-15-38)52(86)64-32-43(66-47(77)33-70-24-26-71(34-49(80)81)28-30-73(36-51(84)85)31-29-72(27-25-70)35-50(82)83)53(87)67-40(55(90)91)10-7-8-22-62-44(74)19-20-45(75)63-23-9-11-39(54(88)89)65-46(76)18-16-41(56(92)93)68-58(96)69-42(57(94)95)17-21-48(78)79/h12-15,39-43H,7-11,16-36H2,1-6H3,(H,62,74)(H,63,75)(H,64,86)(H,65,76)(H,66,77)(H,67,87)(H,78,79)(H,80,81)(H,82,83)(H,84,85)(H,88,89)(H,90,91)(H,92,93)(H,94,95)(H2,68,69,96)/t39-,40-,41-,42-,43+/m0/s1. The van der Waals surface area contributed by atoms with E-state index < -0.39 is 191 Å². The first-order valence-electron chi connectivity index (χ1n) is 31.3. The quantitative estimate of drug-likeness (QED) is 0.0350. The van der Waals surface area contributed by atoms with Gasteiger partial charge in [-0.1, -0.05) is 10.4 Å². The van der Waals surface area contributed by atoms with E-state index in [1.165, 1.54) is 34.1 Å². The normalized spacial score (nSPS) is 15.7. The van der Waals surface area contributed by atoms with Crippen LogP contribution in [0, 0.1) is 0 Å². The van der Waals surface area contributed by atoms with Gasteiger partial charge in [-0.15, -0.1) is 0 Å². The number of rotatable bonds is 40. The maximum absolute atomic E-state index is 17.1. The molecular formula is C60H95FN12O23S. The van der Waals surface area contributed by atoms with Crippen molar-refractivity contribution in [2.24, 2.45) is 0 Å². The van der Waals surface area contributed by atoms with E-state index in [-0.39, 0.29) is 123 Å². The van der Waals surface area contributed by atoms with E-state index in [4.69, 9.17) is 5.11 Å². The van der Waals surface area contributed by atoms with Crippen molar-refractivity contribution in [1.29, 1.82) is 0 Å². The first kappa shape index (κ1) is 84.3. The van der Waals surface area contributed by atoms with E-state index in [9.17, 15) is 108 Å². The van der Waals surface area contributed by atoms with Crippen LogP contribution in [-0.2, 0) is 62.3 Å². The van der Waals surface area contributed by atoms with Crippen molar-refractivity contribution >= 4 is 99.6 Å². The molecule has 0 saturated carbocycles. The van der Waals surface area contributed by atoms with Gasteiger partial charge in [0.2, 0.25) is 29.5 Å². The van der Waals surface area contributed by atoms with Crippen LogP contribution in [0.3, 0.4) is 0 Å². The highest BCUT2D eigenvalue weighted by molar-refractivity contribution is 8.31. The summed E-state index contributed by atoms with van der Waals surface area (Å²) in [7, 11) is -2.99. The topological polar surface area (TPSA) is 527 Å². The maximum Gasteiger partial charge on any atom is 0.326 e. The average molecular weight is 1400 g/mol. The number of carbonyl (C=O) groups excluding carboxylic acids is 7. The molecule has 5 atom stereocenters. The van der Waals surface area contributed by atoms with Gasteiger partial charge in [-0.25, -0.2) is 24.0 Å². The van der Waals surface area contributed by atoms with Crippen LogP contribution in [0.2, 0.25) is 0 Å². The molecule has 0 aromatic heterocycles. The molecule has 0 radical (unpaired) electrons. The third-order valence-electron chi connectivity index (χ3n) is 15.2. The largest absolute Gasteiger partial charge is 0.481 e. The highest BCUT2D eigenvalue weighted by atomic mass is 32.3. The van der Waals surface area contributed by atoms with Crippen molar-refractivity contribution in [2.75, 3.05) is 98.2 Å². The Kier molecular flexibility index (Phi) is 35.9. The molecule has 16 N–H and O–H groups in total. The molecule has 2 rings (SSSR count). The number of carboxylic acids is 8. The number of amides is 8. The molecule has 1 aliphatic rings. The number of halogens is 1. The molecular weight excluding hydrogens is 1310 g/mol. The van der Waals surface area contributed by atoms with Crippen LogP contribution in [0.1, 0.15) is 123 Å². The molecule has 1 aromatic carbocycles. The molecule has 37 heteroatoms. The molecule has 546 valence electrons. The lowest BCUT2D eigenvalue weighted by molar-refractivity contribution is -0.143. The van der Waals surface area contributed by atoms with Crippen molar-refractivity contribution in [3.63, 3.8) is 0 Å². The Hall–Kier alpha value is -8.81. The molecule has 1 saturated heterocycles. The molecule has 1 aliphatic heterocycles. The molecule has 0 unspecified atom stereocenters. The smallest absolute Gasteiger partial charge is 0.326 e. The Labute approximate surface area is 561 Å². The van der Waals surface area contributed by atoms with Crippen LogP contribution in [-0.4, -0.2) is 288 Å². The summed E-state index contributed by atoms with van der Waals surface area (Å²) in [6, 6.07) is -3.53. The van der Waals surface area contributed by atoms with E-state index in [1.54, 1.807) is 51.3 Å². The number of unbranched alkanes of at least 4 members (excludes halogenated alkanes) is 1. The predicted octanol–water partition coefficient (Wildman–Crippen LogP) is -1.03.